The molecular formula is C14H16BrNO2. The molecule has 1 aromatic rings. The van der Waals surface area contributed by atoms with Gasteiger partial charge in [-0.2, -0.15) is 5.26 Å². The molecule has 1 aliphatic carbocycles. The number of nitriles is 1. The SMILES string of the molecule is COc1ccc(CBr)cc1OCC1(CC#N)CC1. The standard InChI is InChI=1S/C14H16BrNO2/c1-17-12-3-2-11(9-15)8-13(12)18-10-14(4-5-14)6-7-16/h2-3,8H,4-6,9-10H2,1H3. The fourth-order valence-corrected chi connectivity index (χ4v) is 2.21. The van der Waals surface area contributed by atoms with Gasteiger partial charge in [0.15, 0.2) is 11.5 Å². The predicted octanol–water partition coefficient (Wildman–Crippen LogP) is 3.66. The van der Waals surface area contributed by atoms with E-state index >= 15 is 0 Å². The molecule has 18 heavy (non-hydrogen) atoms. The van der Waals surface area contributed by atoms with E-state index in [0.717, 1.165) is 35.2 Å². The maximum atomic E-state index is 8.79. The second-order valence-electron chi connectivity index (χ2n) is 4.74. The third-order valence-electron chi connectivity index (χ3n) is 3.33. The van der Waals surface area contributed by atoms with E-state index in [1.165, 1.54) is 0 Å². The minimum Gasteiger partial charge on any atom is -0.493 e. The Morgan fingerprint density at radius 3 is 2.72 bits per heavy atom. The summed E-state index contributed by atoms with van der Waals surface area (Å²) in [6, 6.07) is 8.14. The monoisotopic (exact) mass is 309 g/mol. The van der Waals surface area contributed by atoms with E-state index in [-0.39, 0.29) is 5.41 Å². The summed E-state index contributed by atoms with van der Waals surface area (Å²) in [5, 5.41) is 9.57. The van der Waals surface area contributed by atoms with Crippen molar-refractivity contribution in [1.82, 2.24) is 0 Å². The van der Waals surface area contributed by atoms with Crippen molar-refractivity contribution >= 4 is 15.9 Å². The summed E-state index contributed by atoms with van der Waals surface area (Å²) in [6.07, 6.45) is 2.75. The number of benzene rings is 1. The van der Waals surface area contributed by atoms with Gasteiger partial charge < -0.3 is 9.47 Å². The van der Waals surface area contributed by atoms with Crippen LogP contribution in [0.5, 0.6) is 11.5 Å². The van der Waals surface area contributed by atoms with Crippen molar-refractivity contribution in [3.8, 4) is 17.6 Å². The molecule has 96 valence electrons. The quantitative estimate of drug-likeness (QED) is 0.753. The lowest BCUT2D eigenvalue weighted by Gasteiger charge is -2.15. The van der Waals surface area contributed by atoms with Crippen LogP contribution in [0.1, 0.15) is 24.8 Å². The molecule has 1 aromatic carbocycles. The third-order valence-corrected chi connectivity index (χ3v) is 3.97. The molecule has 0 atom stereocenters. The number of ether oxygens (including phenoxy) is 2. The highest BCUT2D eigenvalue weighted by molar-refractivity contribution is 9.08. The molecule has 0 heterocycles. The number of rotatable bonds is 6. The van der Waals surface area contributed by atoms with Crippen LogP contribution >= 0.6 is 15.9 Å². The van der Waals surface area contributed by atoms with Gasteiger partial charge in [0.05, 0.1) is 19.8 Å². The maximum Gasteiger partial charge on any atom is 0.161 e. The van der Waals surface area contributed by atoms with Crippen LogP contribution in [-0.2, 0) is 5.33 Å². The highest BCUT2D eigenvalue weighted by Gasteiger charge is 2.43. The van der Waals surface area contributed by atoms with Crippen LogP contribution in [0.4, 0.5) is 0 Å². The van der Waals surface area contributed by atoms with Crippen LogP contribution in [-0.4, -0.2) is 13.7 Å². The fraction of sp³-hybridized carbons (Fsp3) is 0.500. The van der Waals surface area contributed by atoms with E-state index in [9.17, 15) is 0 Å². The second kappa shape index (κ2) is 5.62. The van der Waals surface area contributed by atoms with Crippen LogP contribution in [0.15, 0.2) is 18.2 Å². The molecule has 1 fully saturated rings. The number of nitrogens with zero attached hydrogens (tertiary/aromatic N) is 1. The maximum absolute atomic E-state index is 8.79. The molecule has 0 unspecified atom stereocenters. The second-order valence-corrected chi connectivity index (χ2v) is 5.30. The van der Waals surface area contributed by atoms with Gasteiger partial charge in [-0.1, -0.05) is 22.0 Å². The topological polar surface area (TPSA) is 42.2 Å². The van der Waals surface area contributed by atoms with Crippen molar-refractivity contribution in [2.24, 2.45) is 5.41 Å². The molecular weight excluding hydrogens is 294 g/mol. The molecule has 0 aliphatic heterocycles. The van der Waals surface area contributed by atoms with Gasteiger partial charge in [0.1, 0.15) is 0 Å². The van der Waals surface area contributed by atoms with Crippen LogP contribution < -0.4 is 9.47 Å². The number of alkyl halides is 1. The average Bonchev–Trinajstić information content (AvgIpc) is 3.16. The Morgan fingerprint density at radius 1 is 1.39 bits per heavy atom. The molecule has 1 saturated carbocycles. The van der Waals surface area contributed by atoms with Crippen molar-refractivity contribution in [3.05, 3.63) is 23.8 Å². The Bertz CT molecular complexity index is 463. The van der Waals surface area contributed by atoms with Gasteiger partial charge >= 0.3 is 0 Å². The summed E-state index contributed by atoms with van der Waals surface area (Å²) in [6.45, 7) is 0.600. The lowest BCUT2D eigenvalue weighted by Crippen LogP contribution is -2.12. The smallest absolute Gasteiger partial charge is 0.161 e. The highest BCUT2D eigenvalue weighted by atomic mass is 79.9. The Kier molecular flexibility index (Phi) is 4.13. The number of hydrogen-bond donors (Lipinski definition) is 0. The zero-order valence-electron chi connectivity index (χ0n) is 10.4. The van der Waals surface area contributed by atoms with E-state index < -0.39 is 0 Å². The Morgan fingerprint density at radius 2 is 2.17 bits per heavy atom. The average molecular weight is 310 g/mol. The summed E-state index contributed by atoms with van der Waals surface area (Å²) in [4.78, 5) is 0. The minimum absolute atomic E-state index is 0.0875. The Hall–Kier alpha value is -1.21. The van der Waals surface area contributed by atoms with Crippen LogP contribution in [0.3, 0.4) is 0 Å². The molecule has 0 N–H and O–H groups in total. The summed E-state index contributed by atoms with van der Waals surface area (Å²) in [5.74, 6) is 1.51. The van der Waals surface area contributed by atoms with Gasteiger partial charge in [-0.15, -0.1) is 0 Å². The molecule has 0 amide bonds. The minimum atomic E-state index is 0.0875. The van der Waals surface area contributed by atoms with E-state index in [1.54, 1.807) is 7.11 Å². The molecule has 0 bridgehead atoms. The van der Waals surface area contributed by atoms with Crippen LogP contribution in [0, 0.1) is 16.7 Å². The van der Waals surface area contributed by atoms with E-state index in [4.69, 9.17) is 14.7 Å². The summed E-state index contributed by atoms with van der Waals surface area (Å²) < 4.78 is 11.1. The van der Waals surface area contributed by atoms with Gasteiger partial charge in [-0.05, 0) is 30.5 Å². The molecule has 2 rings (SSSR count). The molecule has 0 spiro atoms. The number of halogens is 1. The van der Waals surface area contributed by atoms with Gasteiger partial charge in [0.2, 0.25) is 0 Å². The highest BCUT2D eigenvalue weighted by Crippen LogP contribution is 2.49. The van der Waals surface area contributed by atoms with Gasteiger partial charge in [0.25, 0.3) is 0 Å². The first-order chi connectivity index (χ1) is 8.73. The summed E-state index contributed by atoms with van der Waals surface area (Å²) in [5.41, 5.74) is 1.24. The van der Waals surface area contributed by atoms with E-state index in [2.05, 4.69) is 22.0 Å². The van der Waals surface area contributed by atoms with Crippen molar-refractivity contribution in [2.45, 2.75) is 24.6 Å². The van der Waals surface area contributed by atoms with Crippen molar-refractivity contribution < 1.29 is 9.47 Å². The van der Waals surface area contributed by atoms with Crippen LogP contribution in [0.25, 0.3) is 0 Å². The van der Waals surface area contributed by atoms with Crippen LogP contribution in [0.2, 0.25) is 0 Å². The van der Waals surface area contributed by atoms with E-state index in [0.29, 0.717) is 13.0 Å². The molecule has 3 nitrogen and oxygen atoms in total. The molecule has 0 radical (unpaired) electrons. The van der Waals surface area contributed by atoms with E-state index in [1.807, 2.05) is 18.2 Å². The first-order valence-corrected chi connectivity index (χ1v) is 7.08. The first kappa shape index (κ1) is 13.2. The lowest BCUT2D eigenvalue weighted by molar-refractivity contribution is 0.227. The Labute approximate surface area is 116 Å². The van der Waals surface area contributed by atoms with Crippen molar-refractivity contribution in [1.29, 1.82) is 5.26 Å². The Balaban J connectivity index is 2.06. The van der Waals surface area contributed by atoms with Crippen molar-refractivity contribution in [2.75, 3.05) is 13.7 Å². The summed E-state index contributed by atoms with van der Waals surface area (Å²) in [7, 11) is 1.64. The summed E-state index contributed by atoms with van der Waals surface area (Å²) >= 11 is 3.43. The lowest BCUT2D eigenvalue weighted by atomic mass is 10.1. The molecule has 1 aliphatic rings. The molecule has 0 aromatic heterocycles. The van der Waals surface area contributed by atoms with Crippen molar-refractivity contribution in [3.63, 3.8) is 0 Å². The number of hydrogen-bond acceptors (Lipinski definition) is 3. The molecule has 0 saturated heterocycles. The normalized spacial score (nSPS) is 15.8. The zero-order chi connectivity index (χ0) is 13.0. The fourth-order valence-electron chi connectivity index (χ4n) is 1.86. The largest absolute Gasteiger partial charge is 0.493 e. The molecule has 4 heteroatoms. The van der Waals surface area contributed by atoms with Gasteiger partial charge in [0, 0.05) is 17.2 Å². The first-order valence-electron chi connectivity index (χ1n) is 5.96. The van der Waals surface area contributed by atoms with Gasteiger partial charge in [-0.25, -0.2) is 0 Å². The predicted molar refractivity (Wildman–Crippen MR) is 73.0 cm³/mol. The van der Waals surface area contributed by atoms with Gasteiger partial charge in [-0.3, -0.25) is 0 Å². The third kappa shape index (κ3) is 2.97. The number of methoxy groups -OCH3 is 1. The zero-order valence-corrected chi connectivity index (χ0v) is 12.0.